The molecule has 4 rings (SSSR count). The Hall–Kier alpha value is -3.32. The monoisotopic (exact) mass is 393 g/mol. The topological polar surface area (TPSA) is 76.8 Å². The number of carbonyl (C=O) groups is 1. The number of hydrogen-bond acceptors (Lipinski definition) is 6. The number of piperazine rings is 1. The van der Waals surface area contributed by atoms with Crippen molar-refractivity contribution in [3.63, 3.8) is 0 Å². The van der Waals surface area contributed by atoms with E-state index in [0.29, 0.717) is 30.4 Å². The van der Waals surface area contributed by atoms with Crippen molar-refractivity contribution in [3.05, 3.63) is 78.0 Å². The highest BCUT2D eigenvalue weighted by Crippen LogP contribution is 2.24. The molecule has 2 heterocycles. The van der Waals surface area contributed by atoms with Crippen LogP contribution in [0.5, 0.6) is 11.5 Å². The first kappa shape index (κ1) is 19.0. The lowest BCUT2D eigenvalue weighted by Gasteiger charge is -2.36. The van der Waals surface area contributed by atoms with Gasteiger partial charge in [-0.2, -0.15) is 0 Å². The zero-order valence-electron chi connectivity index (χ0n) is 16.2. The van der Waals surface area contributed by atoms with Crippen molar-refractivity contribution in [2.45, 2.75) is 12.6 Å². The van der Waals surface area contributed by atoms with Crippen LogP contribution < -0.4 is 14.8 Å². The zero-order chi connectivity index (χ0) is 20.1. The standard InChI is InChI=1S/C22H23N3O4/c1-27-17-7-9-18(10-8-17)28-15-21-24-19(14-29-21)22(26)25-12-11-23-13-20(25)16-5-3-2-4-6-16/h2-10,14,20,23H,11-13,15H2,1H3/t20-/m0/s1. The Kier molecular flexibility index (Phi) is 5.76. The quantitative estimate of drug-likeness (QED) is 0.694. The second kappa shape index (κ2) is 8.79. The molecule has 150 valence electrons. The average Bonchev–Trinajstić information content (AvgIpc) is 3.27. The van der Waals surface area contributed by atoms with Gasteiger partial charge in [-0.15, -0.1) is 0 Å². The maximum absolute atomic E-state index is 13.1. The molecule has 7 heteroatoms. The molecule has 0 spiro atoms. The first-order chi connectivity index (χ1) is 14.2. The molecule has 0 saturated carbocycles. The van der Waals surface area contributed by atoms with Crippen LogP contribution in [-0.2, 0) is 6.61 Å². The molecular formula is C22H23N3O4. The summed E-state index contributed by atoms with van der Waals surface area (Å²) in [6.07, 6.45) is 1.40. The smallest absolute Gasteiger partial charge is 0.276 e. The average molecular weight is 393 g/mol. The first-order valence-electron chi connectivity index (χ1n) is 9.52. The second-order valence-corrected chi connectivity index (χ2v) is 6.72. The summed E-state index contributed by atoms with van der Waals surface area (Å²) >= 11 is 0. The van der Waals surface area contributed by atoms with Gasteiger partial charge in [-0.1, -0.05) is 30.3 Å². The van der Waals surface area contributed by atoms with E-state index in [2.05, 4.69) is 10.3 Å². The van der Waals surface area contributed by atoms with Gasteiger partial charge in [-0.05, 0) is 29.8 Å². The minimum atomic E-state index is -0.139. The number of benzene rings is 2. The molecule has 1 saturated heterocycles. The Morgan fingerprint density at radius 3 is 2.69 bits per heavy atom. The highest BCUT2D eigenvalue weighted by atomic mass is 16.5. The first-order valence-corrected chi connectivity index (χ1v) is 9.52. The molecule has 1 aromatic heterocycles. The van der Waals surface area contributed by atoms with Crippen LogP contribution in [0.15, 0.2) is 65.3 Å². The minimum Gasteiger partial charge on any atom is -0.497 e. The van der Waals surface area contributed by atoms with Crippen molar-refractivity contribution in [2.24, 2.45) is 0 Å². The predicted molar refractivity (Wildman–Crippen MR) is 107 cm³/mol. The molecule has 29 heavy (non-hydrogen) atoms. The van der Waals surface area contributed by atoms with Gasteiger partial charge in [0.2, 0.25) is 5.89 Å². The van der Waals surface area contributed by atoms with Crippen molar-refractivity contribution in [1.82, 2.24) is 15.2 Å². The Morgan fingerprint density at radius 2 is 1.93 bits per heavy atom. The molecule has 0 aliphatic carbocycles. The van der Waals surface area contributed by atoms with E-state index in [-0.39, 0.29) is 18.6 Å². The third kappa shape index (κ3) is 4.41. The number of methoxy groups -OCH3 is 1. The molecule has 7 nitrogen and oxygen atoms in total. The number of ether oxygens (including phenoxy) is 2. The van der Waals surface area contributed by atoms with E-state index in [1.54, 1.807) is 19.2 Å². The lowest BCUT2D eigenvalue weighted by molar-refractivity contribution is 0.0628. The molecule has 2 aromatic carbocycles. The fourth-order valence-electron chi connectivity index (χ4n) is 3.36. The summed E-state index contributed by atoms with van der Waals surface area (Å²) in [5, 5.41) is 3.35. The van der Waals surface area contributed by atoms with Crippen molar-refractivity contribution < 1.29 is 18.7 Å². The summed E-state index contributed by atoms with van der Waals surface area (Å²) in [5.74, 6) is 1.64. The maximum atomic E-state index is 13.1. The molecule has 1 aliphatic heterocycles. The van der Waals surface area contributed by atoms with Crippen LogP contribution in [0.25, 0.3) is 0 Å². The van der Waals surface area contributed by atoms with Gasteiger partial charge in [0.25, 0.3) is 5.91 Å². The molecule has 1 atom stereocenters. The van der Waals surface area contributed by atoms with Crippen LogP contribution in [0.1, 0.15) is 28.0 Å². The van der Waals surface area contributed by atoms with Crippen LogP contribution >= 0.6 is 0 Å². The molecule has 1 N–H and O–H groups in total. The predicted octanol–water partition coefficient (Wildman–Crippen LogP) is 3.05. The summed E-state index contributed by atoms with van der Waals surface area (Å²) < 4.78 is 16.3. The Balaban J connectivity index is 1.42. The summed E-state index contributed by atoms with van der Waals surface area (Å²) in [7, 11) is 1.61. The number of amides is 1. The third-order valence-electron chi connectivity index (χ3n) is 4.88. The van der Waals surface area contributed by atoms with Crippen molar-refractivity contribution in [1.29, 1.82) is 0 Å². The van der Waals surface area contributed by atoms with Gasteiger partial charge >= 0.3 is 0 Å². The van der Waals surface area contributed by atoms with Gasteiger partial charge < -0.3 is 24.1 Å². The van der Waals surface area contributed by atoms with E-state index in [4.69, 9.17) is 13.9 Å². The molecule has 1 amide bonds. The fraction of sp³-hybridized carbons (Fsp3) is 0.273. The van der Waals surface area contributed by atoms with E-state index in [0.717, 1.165) is 17.9 Å². The van der Waals surface area contributed by atoms with Crippen molar-refractivity contribution in [3.8, 4) is 11.5 Å². The SMILES string of the molecule is COc1ccc(OCc2nc(C(=O)N3CCNC[C@H]3c3ccccc3)co2)cc1. The number of hydrogen-bond donors (Lipinski definition) is 1. The van der Waals surface area contributed by atoms with Crippen molar-refractivity contribution >= 4 is 5.91 Å². The Labute approximate surface area is 169 Å². The Bertz CT molecular complexity index is 940. The van der Waals surface area contributed by atoms with Gasteiger partial charge in [0, 0.05) is 19.6 Å². The van der Waals surface area contributed by atoms with Gasteiger partial charge in [0.1, 0.15) is 17.8 Å². The van der Waals surface area contributed by atoms with Crippen LogP contribution in [0.3, 0.4) is 0 Å². The maximum Gasteiger partial charge on any atom is 0.276 e. The Morgan fingerprint density at radius 1 is 1.17 bits per heavy atom. The van der Waals surface area contributed by atoms with Crippen LogP contribution in [0, 0.1) is 0 Å². The fourth-order valence-corrected chi connectivity index (χ4v) is 3.36. The van der Waals surface area contributed by atoms with Crippen LogP contribution in [0.4, 0.5) is 0 Å². The molecule has 0 radical (unpaired) electrons. The van der Waals surface area contributed by atoms with Crippen LogP contribution in [0.2, 0.25) is 0 Å². The summed E-state index contributed by atoms with van der Waals surface area (Å²) in [6.45, 7) is 2.22. The second-order valence-electron chi connectivity index (χ2n) is 6.72. The van der Waals surface area contributed by atoms with E-state index < -0.39 is 0 Å². The number of oxazole rings is 1. The molecule has 0 bridgehead atoms. The van der Waals surface area contributed by atoms with Gasteiger partial charge in [0.05, 0.1) is 13.2 Å². The van der Waals surface area contributed by atoms with Gasteiger partial charge in [-0.25, -0.2) is 4.98 Å². The van der Waals surface area contributed by atoms with Gasteiger partial charge in [0.15, 0.2) is 12.3 Å². The minimum absolute atomic E-state index is 0.0341. The zero-order valence-corrected chi connectivity index (χ0v) is 16.2. The van der Waals surface area contributed by atoms with Crippen molar-refractivity contribution in [2.75, 3.05) is 26.7 Å². The molecular weight excluding hydrogens is 370 g/mol. The highest BCUT2D eigenvalue weighted by molar-refractivity contribution is 5.92. The third-order valence-corrected chi connectivity index (χ3v) is 4.88. The molecule has 1 aliphatic rings. The summed E-state index contributed by atoms with van der Waals surface area (Å²) in [6, 6.07) is 17.2. The number of aromatic nitrogens is 1. The van der Waals surface area contributed by atoms with Gasteiger partial charge in [-0.3, -0.25) is 4.79 Å². The normalized spacial score (nSPS) is 16.4. The number of carbonyl (C=O) groups excluding carboxylic acids is 1. The van der Waals surface area contributed by atoms with Crippen LogP contribution in [-0.4, -0.2) is 42.5 Å². The number of nitrogens with one attached hydrogen (secondary N) is 1. The summed E-state index contributed by atoms with van der Waals surface area (Å²) in [5.41, 5.74) is 1.39. The number of nitrogens with zero attached hydrogens (tertiary/aromatic N) is 2. The van der Waals surface area contributed by atoms with E-state index >= 15 is 0 Å². The van der Waals surface area contributed by atoms with E-state index in [1.807, 2.05) is 47.4 Å². The lowest BCUT2D eigenvalue weighted by Crippen LogP contribution is -2.48. The summed E-state index contributed by atoms with van der Waals surface area (Å²) in [4.78, 5) is 19.2. The lowest BCUT2D eigenvalue weighted by atomic mass is 10.0. The number of rotatable bonds is 6. The largest absolute Gasteiger partial charge is 0.497 e. The molecule has 1 fully saturated rings. The van der Waals surface area contributed by atoms with E-state index in [9.17, 15) is 4.79 Å². The molecule has 0 unspecified atom stereocenters. The van der Waals surface area contributed by atoms with E-state index in [1.165, 1.54) is 6.26 Å². The highest BCUT2D eigenvalue weighted by Gasteiger charge is 2.30. The molecule has 3 aromatic rings.